The number of halogens is 1. The molecule has 0 fully saturated rings. The molecule has 1 heterocycles. The Hall–Kier alpha value is -2.08. The van der Waals surface area contributed by atoms with Crippen LogP contribution in [0.4, 0.5) is 10.1 Å². The largest absolute Gasteiger partial charge is 0.396 e. The lowest BCUT2D eigenvalue weighted by Gasteiger charge is -2.14. The van der Waals surface area contributed by atoms with Crippen LogP contribution < -0.4 is 5.01 Å². The van der Waals surface area contributed by atoms with Crippen LogP contribution in [0.1, 0.15) is 33.1 Å². The Morgan fingerprint density at radius 3 is 2.70 bits per heavy atom. The Morgan fingerprint density at radius 1 is 1.39 bits per heavy atom. The molecule has 0 saturated heterocycles. The first-order chi connectivity index (χ1) is 11.1. The van der Waals surface area contributed by atoms with E-state index in [9.17, 15) is 9.18 Å². The number of hydrogen-bond acceptors (Lipinski definition) is 4. The second-order valence-electron chi connectivity index (χ2n) is 5.50. The number of anilines is 1. The van der Waals surface area contributed by atoms with E-state index in [1.165, 1.54) is 17.1 Å². The van der Waals surface area contributed by atoms with Gasteiger partial charge in [0, 0.05) is 18.9 Å². The summed E-state index contributed by atoms with van der Waals surface area (Å²) >= 11 is 0. The molecular weight excluding hydrogens is 297 g/mol. The molecule has 0 bridgehead atoms. The summed E-state index contributed by atoms with van der Waals surface area (Å²) in [6.07, 6.45) is 2.16. The fraction of sp³-hybridized carbons (Fsp3) is 0.471. The quantitative estimate of drug-likeness (QED) is 0.620. The molecule has 1 amide bonds. The Morgan fingerprint density at radius 2 is 2.09 bits per heavy atom. The summed E-state index contributed by atoms with van der Waals surface area (Å²) < 4.78 is 13.1. The van der Waals surface area contributed by atoms with E-state index in [0.29, 0.717) is 30.8 Å². The fourth-order valence-electron chi connectivity index (χ4n) is 2.56. The third-order valence-corrected chi connectivity index (χ3v) is 3.69. The van der Waals surface area contributed by atoms with Gasteiger partial charge in [-0.25, -0.2) is 4.39 Å². The van der Waals surface area contributed by atoms with Crippen LogP contribution in [-0.2, 0) is 4.79 Å². The van der Waals surface area contributed by atoms with Crippen molar-refractivity contribution in [2.24, 2.45) is 16.0 Å². The normalized spacial score (nSPS) is 18.5. The van der Waals surface area contributed by atoms with Crippen molar-refractivity contribution in [1.29, 1.82) is 0 Å². The minimum Gasteiger partial charge on any atom is -0.396 e. The third kappa shape index (κ3) is 4.01. The standard InChI is InChI=1S/C17H22FN3O2/c1-3-5-15-16(12(2)19-10-4-11-22)17(23)21(20-15)14-8-6-13(18)7-9-14/h6-9,16,22H,3-5,10-11H2,1-2H3/t16-/m0/s1. The lowest BCUT2D eigenvalue weighted by Crippen LogP contribution is -2.32. The van der Waals surface area contributed by atoms with Crippen molar-refractivity contribution < 1.29 is 14.3 Å². The highest BCUT2D eigenvalue weighted by molar-refractivity contribution is 6.28. The molecule has 23 heavy (non-hydrogen) atoms. The summed E-state index contributed by atoms with van der Waals surface area (Å²) in [5.41, 5.74) is 2.04. The first-order valence-corrected chi connectivity index (χ1v) is 7.87. The number of aliphatic hydroxyl groups excluding tert-OH is 1. The van der Waals surface area contributed by atoms with Gasteiger partial charge in [0.1, 0.15) is 11.7 Å². The van der Waals surface area contributed by atoms with Gasteiger partial charge in [0.15, 0.2) is 0 Å². The Balaban J connectivity index is 2.26. The van der Waals surface area contributed by atoms with E-state index in [1.54, 1.807) is 12.1 Å². The van der Waals surface area contributed by atoms with Crippen LogP contribution in [0, 0.1) is 11.7 Å². The van der Waals surface area contributed by atoms with Crippen LogP contribution in [-0.4, -0.2) is 35.6 Å². The van der Waals surface area contributed by atoms with Crippen LogP contribution in [0.5, 0.6) is 0 Å². The smallest absolute Gasteiger partial charge is 0.261 e. The number of carbonyl (C=O) groups is 1. The average Bonchev–Trinajstić information content (AvgIpc) is 2.85. The van der Waals surface area contributed by atoms with Gasteiger partial charge in [-0.2, -0.15) is 10.1 Å². The van der Waals surface area contributed by atoms with Gasteiger partial charge in [-0.05, 0) is 44.0 Å². The first-order valence-electron chi connectivity index (χ1n) is 7.87. The molecule has 0 spiro atoms. The molecule has 0 unspecified atom stereocenters. The minimum absolute atomic E-state index is 0.0764. The Labute approximate surface area is 135 Å². The molecule has 0 aliphatic carbocycles. The highest BCUT2D eigenvalue weighted by Crippen LogP contribution is 2.26. The number of rotatable bonds is 7. The number of hydrogen-bond donors (Lipinski definition) is 1. The van der Waals surface area contributed by atoms with E-state index in [4.69, 9.17) is 5.11 Å². The summed E-state index contributed by atoms with van der Waals surface area (Å²) in [5, 5.41) is 14.6. The summed E-state index contributed by atoms with van der Waals surface area (Å²) in [5.74, 6) is -0.972. The molecule has 124 valence electrons. The first kappa shape index (κ1) is 17.3. The molecule has 6 heteroatoms. The number of aliphatic hydroxyl groups is 1. The van der Waals surface area contributed by atoms with E-state index in [2.05, 4.69) is 10.1 Å². The van der Waals surface area contributed by atoms with Crippen molar-refractivity contribution in [2.75, 3.05) is 18.2 Å². The summed E-state index contributed by atoms with van der Waals surface area (Å²) in [6, 6.07) is 5.71. The molecule has 2 rings (SSSR count). The molecule has 0 saturated carbocycles. The number of hydrazone groups is 1. The third-order valence-electron chi connectivity index (χ3n) is 3.69. The second kappa shape index (κ2) is 7.97. The Kier molecular flexibility index (Phi) is 5.98. The van der Waals surface area contributed by atoms with E-state index in [-0.39, 0.29) is 18.3 Å². The monoisotopic (exact) mass is 319 g/mol. The summed E-state index contributed by atoms with van der Waals surface area (Å²) in [6.45, 7) is 4.41. The molecule has 1 N–H and O–H groups in total. The van der Waals surface area contributed by atoms with E-state index < -0.39 is 5.92 Å². The zero-order valence-corrected chi connectivity index (χ0v) is 13.5. The molecule has 1 aliphatic rings. The van der Waals surface area contributed by atoms with Crippen LogP contribution in [0.25, 0.3) is 0 Å². The van der Waals surface area contributed by atoms with Gasteiger partial charge >= 0.3 is 0 Å². The number of nitrogens with zero attached hydrogens (tertiary/aromatic N) is 3. The molecule has 0 radical (unpaired) electrons. The van der Waals surface area contributed by atoms with E-state index >= 15 is 0 Å². The molecule has 1 aromatic rings. The van der Waals surface area contributed by atoms with Crippen LogP contribution >= 0.6 is 0 Å². The zero-order valence-electron chi connectivity index (χ0n) is 13.5. The average molecular weight is 319 g/mol. The van der Waals surface area contributed by atoms with Gasteiger partial charge in [-0.1, -0.05) is 13.3 Å². The Bertz CT molecular complexity index is 611. The van der Waals surface area contributed by atoms with Gasteiger partial charge < -0.3 is 5.11 Å². The lowest BCUT2D eigenvalue weighted by molar-refractivity contribution is -0.118. The number of aliphatic imine (C=N–C) groups is 1. The molecule has 5 nitrogen and oxygen atoms in total. The van der Waals surface area contributed by atoms with Crippen molar-refractivity contribution in [2.45, 2.75) is 33.1 Å². The molecule has 1 aromatic carbocycles. The molecule has 1 aliphatic heterocycles. The second-order valence-corrected chi connectivity index (χ2v) is 5.50. The fourth-order valence-corrected chi connectivity index (χ4v) is 2.56. The van der Waals surface area contributed by atoms with Crippen LogP contribution in [0.2, 0.25) is 0 Å². The van der Waals surface area contributed by atoms with Crippen molar-refractivity contribution >= 4 is 23.0 Å². The SMILES string of the molecule is CCCC1=NN(c2ccc(F)cc2)C(=O)[C@H]1C(C)=NCCCO. The lowest BCUT2D eigenvalue weighted by atomic mass is 9.95. The van der Waals surface area contributed by atoms with Gasteiger partial charge in [0.2, 0.25) is 0 Å². The predicted molar refractivity (Wildman–Crippen MR) is 89.4 cm³/mol. The maximum Gasteiger partial charge on any atom is 0.261 e. The minimum atomic E-state index is -0.460. The molecule has 1 atom stereocenters. The summed E-state index contributed by atoms with van der Waals surface area (Å²) in [4.78, 5) is 17.1. The predicted octanol–water partition coefficient (Wildman–Crippen LogP) is 2.79. The highest BCUT2D eigenvalue weighted by atomic mass is 19.1. The van der Waals surface area contributed by atoms with Gasteiger partial charge in [0.25, 0.3) is 5.91 Å². The highest BCUT2D eigenvalue weighted by Gasteiger charge is 2.37. The number of carbonyl (C=O) groups excluding carboxylic acids is 1. The van der Waals surface area contributed by atoms with Crippen molar-refractivity contribution in [1.82, 2.24) is 0 Å². The van der Waals surface area contributed by atoms with Crippen molar-refractivity contribution in [3.8, 4) is 0 Å². The van der Waals surface area contributed by atoms with Crippen molar-refractivity contribution in [3.63, 3.8) is 0 Å². The van der Waals surface area contributed by atoms with Gasteiger partial charge in [0.05, 0.1) is 11.4 Å². The molecule has 0 aromatic heterocycles. The molecular formula is C17H22FN3O2. The van der Waals surface area contributed by atoms with Gasteiger partial charge in [-0.3, -0.25) is 9.79 Å². The van der Waals surface area contributed by atoms with Crippen molar-refractivity contribution in [3.05, 3.63) is 30.1 Å². The van der Waals surface area contributed by atoms with E-state index in [0.717, 1.165) is 12.1 Å². The van der Waals surface area contributed by atoms with Gasteiger partial charge in [-0.15, -0.1) is 0 Å². The number of benzene rings is 1. The number of amides is 1. The van der Waals surface area contributed by atoms with Crippen LogP contribution in [0.15, 0.2) is 34.4 Å². The zero-order chi connectivity index (χ0) is 16.8. The van der Waals surface area contributed by atoms with E-state index in [1.807, 2.05) is 13.8 Å². The topological polar surface area (TPSA) is 65.3 Å². The maximum atomic E-state index is 13.1. The van der Waals surface area contributed by atoms with Crippen LogP contribution in [0.3, 0.4) is 0 Å². The maximum absolute atomic E-state index is 13.1. The summed E-state index contributed by atoms with van der Waals surface area (Å²) in [7, 11) is 0.